The zero-order valence-corrected chi connectivity index (χ0v) is 16.3. The summed E-state index contributed by atoms with van der Waals surface area (Å²) in [6.07, 6.45) is 6.95. The minimum absolute atomic E-state index is 0. The topological polar surface area (TPSA) is 0 Å². The van der Waals surface area contributed by atoms with Gasteiger partial charge < -0.3 is 14.9 Å². The van der Waals surface area contributed by atoms with Gasteiger partial charge in [0, 0.05) is 32.7 Å². The minimum atomic E-state index is 0. The molecule has 1 aliphatic rings. The third kappa shape index (κ3) is 9.35. The van der Waals surface area contributed by atoms with Crippen molar-refractivity contribution in [3.8, 4) is 0 Å². The zero-order valence-electron chi connectivity index (χ0n) is 13.5. The van der Waals surface area contributed by atoms with E-state index in [1.54, 1.807) is 5.57 Å². The first-order valence-corrected chi connectivity index (χ1v) is 5.96. The molecule has 0 aliphatic heterocycles. The second-order valence-corrected chi connectivity index (χ2v) is 4.49. The summed E-state index contributed by atoms with van der Waals surface area (Å²) in [5, 5.41) is 0. The van der Waals surface area contributed by atoms with E-state index < -0.39 is 0 Å². The molecule has 0 N–H and O–H groups in total. The van der Waals surface area contributed by atoms with Gasteiger partial charge in [0.05, 0.1) is 0 Å². The Kier molecular flexibility index (Phi) is 16.1. The van der Waals surface area contributed by atoms with Gasteiger partial charge in [0.15, 0.2) is 0 Å². The number of aryl methyl sites for hydroxylation is 2. The van der Waals surface area contributed by atoms with Crippen molar-refractivity contribution in [1.29, 1.82) is 0 Å². The molecular weight excluding hydrogens is 305 g/mol. The Morgan fingerprint density at radius 3 is 1.58 bits per heavy atom. The smallest absolute Gasteiger partial charge is 0 e. The molecule has 0 bridgehead atoms. The van der Waals surface area contributed by atoms with Gasteiger partial charge in [-0.15, -0.1) is 0 Å². The van der Waals surface area contributed by atoms with Crippen molar-refractivity contribution in [1.82, 2.24) is 0 Å². The molecule has 2 rings (SSSR count). The average Bonchev–Trinajstić information content (AvgIpc) is 2.28. The van der Waals surface area contributed by atoms with Crippen LogP contribution in [-0.4, -0.2) is 0 Å². The normalized spacial score (nSPS) is 12.2. The van der Waals surface area contributed by atoms with Crippen LogP contribution in [0.15, 0.2) is 47.6 Å². The summed E-state index contributed by atoms with van der Waals surface area (Å²) in [5.74, 6) is 0. The van der Waals surface area contributed by atoms with Crippen LogP contribution in [0.3, 0.4) is 0 Å². The Bertz CT molecular complexity index is 379. The van der Waals surface area contributed by atoms with Gasteiger partial charge in [-0.3, -0.25) is 0 Å². The van der Waals surface area contributed by atoms with Crippen LogP contribution < -0.4 is 0 Å². The summed E-state index contributed by atoms with van der Waals surface area (Å²) < 4.78 is 0. The molecule has 0 atom stereocenters. The van der Waals surface area contributed by atoms with Gasteiger partial charge >= 0.3 is 0 Å². The summed E-state index contributed by atoms with van der Waals surface area (Å²) in [6, 6.07) is 8.36. The van der Waals surface area contributed by atoms with Crippen LogP contribution >= 0.6 is 0 Å². The fourth-order valence-electron chi connectivity index (χ4n) is 1.56. The van der Waals surface area contributed by atoms with Gasteiger partial charge in [-0.25, -0.2) is 0 Å². The molecule has 0 aromatic heterocycles. The van der Waals surface area contributed by atoms with Crippen molar-refractivity contribution in [2.24, 2.45) is 0 Å². The standard InChI is InChI=1S/C8H12.C8H10.2CH3.Y/c2*1-7-5-3-4-6-8(7)2;;;/h3,5H,4,6H2,1-2H3;3-6H,1-2H3;2*1H3;/q;;2*-1;. The molecule has 1 aliphatic carbocycles. The average molecular weight is 333 g/mol. The van der Waals surface area contributed by atoms with E-state index in [0.29, 0.717) is 0 Å². The molecule has 1 heteroatoms. The van der Waals surface area contributed by atoms with E-state index in [4.69, 9.17) is 0 Å². The first kappa shape index (κ1) is 23.9. The number of allylic oxidation sites excluding steroid dienone is 4. The summed E-state index contributed by atoms with van der Waals surface area (Å²) >= 11 is 0. The second kappa shape index (κ2) is 12.8. The van der Waals surface area contributed by atoms with Gasteiger partial charge in [-0.2, -0.15) is 0 Å². The van der Waals surface area contributed by atoms with E-state index in [1.165, 1.54) is 29.5 Å². The Hall–Kier alpha value is -0.196. The molecule has 0 amide bonds. The Morgan fingerprint density at radius 2 is 1.32 bits per heavy atom. The summed E-state index contributed by atoms with van der Waals surface area (Å²) in [7, 11) is 0. The quantitative estimate of drug-likeness (QED) is 0.521. The van der Waals surface area contributed by atoms with E-state index in [0.717, 1.165) is 0 Å². The molecule has 1 aromatic carbocycles. The van der Waals surface area contributed by atoms with Crippen molar-refractivity contribution in [3.05, 3.63) is 73.5 Å². The Morgan fingerprint density at radius 1 is 0.842 bits per heavy atom. The number of hydrogen-bond donors (Lipinski definition) is 0. The van der Waals surface area contributed by atoms with Crippen LogP contribution in [0, 0.1) is 28.7 Å². The zero-order chi connectivity index (χ0) is 12.0. The van der Waals surface area contributed by atoms with Gasteiger partial charge in [0.2, 0.25) is 0 Å². The monoisotopic (exact) mass is 333 g/mol. The molecule has 0 nitrogen and oxygen atoms in total. The van der Waals surface area contributed by atoms with Crippen LogP contribution in [-0.2, 0) is 32.7 Å². The maximum absolute atomic E-state index is 2.24. The van der Waals surface area contributed by atoms with E-state index in [9.17, 15) is 0 Å². The maximum atomic E-state index is 2.24. The van der Waals surface area contributed by atoms with E-state index in [-0.39, 0.29) is 47.6 Å². The summed E-state index contributed by atoms with van der Waals surface area (Å²) in [5.41, 5.74) is 5.74. The predicted molar refractivity (Wildman–Crippen MR) is 85.5 cm³/mol. The van der Waals surface area contributed by atoms with Crippen LogP contribution in [0.25, 0.3) is 0 Å². The molecule has 0 unspecified atom stereocenters. The molecule has 0 saturated carbocycles. The van der Waals surface area contributed by atoms with Crippen LogP contribution in [0.4, 0.5) is 0 Å². The molecule has 0 spiro atoms. The molecular formula is C18H28Y-2. The number of benzene rings is 1. The first-order valence-electron chi connectivity index (χ1n) is 5.96. The third-order valence-corrected chi connectivity index (χ3v) is 3.15. The largest absolute Gasteiger partial charge is 0.358 e. The summed E-state index contributed by atoms with van der Waals surface area (Å²) in [4.78, 5) is 0. The van der Waals surface area contributed by atoms with Crippen LogP contribution in [0.1, 0.15) is 37.8 Å². The SMILES string of the molecule is CC1=C(C)CCC=C1.Cc1ccccc1C.[CH3-].[CH3-].[Y]. The molecule has 105 valence electrons. The van der Waals surface area contributed by atoms with Crippen molar-refractivity contribution in [2.45, 2.75) is 40.5 Å². The van der Waals surface area contributed by atoms with E-state index >= 15 is 0 Å². The van der Waals surface area contributed by atoms with Gasteiger partial charge in [-0.1, -0.05) is 47.6 Å². The van der Waals surface area contributed by atoms with Gasteiger partial charge in [0.1, 0.15) is 0 Å². The molecule has 19 heavy (non-hydrogen) atoms. The molecule has 1 radical (unpaired) electrons. The van der Waals surface area contributed by atoms with Crippen LogP contribution in [0.5, 0.6) is 0 Å². The van der Waals surface area contributed by atoms with Crippen molar-refractivity contribution in [3.63, 3.8) is 0 Å². The fourth-order valence-corrected chi connectivity index (χ4v) is 1.56. The van der Waals surface area contributed by atoms with Crippen molar-refractivity contribution in [2.75, 3.05) is 0 Å². The van der Waals surface area contributed by atoms with E-state index in [2.05, 4.69) is 64.1 Å². The third-order valence-electron chi connectivity index (χ3n) is 3.15. The van der Waals surface area contributed by atoms with Crippen LogP contribution in [0.2, 0.25) is 0 Å². The van der Waals surface area contributed by atoms with Gasteiger partial charge in [-0.05, 0) is 51.7 Å². The fraction of sp³-hybridized carbons (Fsp3) is 0.333. The van der Waals surface area contributed by atoms with Gasteiger partial charge in [0.25, 0.3) is 0 Å². The second-order valence-electron chi connectivity index (χ2n) is 4.49. The Labute approximate surface area is 146 Å². The Balaban J connectivity index is -0.000000233. The summed E-state index contributed by atoms with van der Waals surface area (Å²) in [6.45, 7) is 8.62. The number of rotatable bonds is 0. The maximum Gasteiger partial charge on any atom is 0 e. The molecule has 1 aromatic rings. The molecule has 0 heterocycles. The number of hydrogen-bond acceptors (Lipinski definition) is 0. The first-order chi connectivity index (χ1) is 7.61. The van der Waals surface area contributed by atoms with Crippen molar-refractivity contribution < 1.29 is 32.7 Å². The minimum Gasteiger partial charge on any atom is -0.358 e. The van der Waals surface area contributed by atoms with E-state index in [1.807, 2.05) is 0 Å². The van der Waals surface area contributed by atoms with Crippen molar-refractivity contribution >= 4 is 0 Å². The molecule has 0 saturated heterocycles. The predicted octanol–water partition coefficient (Wildman–Crippen LogP) is 5.87. The molecule has 0 fully saturated rings.